The number of rotatable bonds is 5. The van der Waals surface area contributed by atoms with Crippen molar-refractivity contribution in [3.05, 3.63) is 30.1 Å². The fraction of sp³-hybridized carbons (Fsp3) is 0.600. The molecule has 3 rings (SSSR count). The third-order valence-corrected chi connectivity index (χ3v) is 5.34. The summed E-state index contributed by atoms with van der Waals surface area (Å²) in [5, 5.41) is 6.39. The van der Waals surface area contributed by atoms with E-state index >= 15 is 0 Å². The molecule has 1 saturated heterocycles. The van der Waals surface area contributed by atoms with Crippen LogP contribution in [0.2, 0.25) is 0 Å². The molecule has 0 atom stereocenters. The van der Waals surface area contributed by atoms with E-state index in [1.165, 1.54) is 18.9 Å². The Kier molecular flexibility index (Phi) is 9.27. The van der Waals surface area contributed by atoms with Crippen LogP contribution in [0.5, 0.6) is 0 Å². The van der Waals surface area contributed by atoms with Gasteiger partial charge in [-0.05, 0) is 25.0 Å². The van der Waals surface area contributed by atoms with Crippen molar-refractivity contribution in [2.24, 2.45) is 4.99 Å². The van der Waals surface area contributed by atoms with Crippen LogP contribution in [0.3, 0.4) is 0 Å². The molecule has 8 heteroatoms. The molecule has 1 saturated carbocycles. The Balaban J connectivity index is 0.00000280. The third kappa shape index (κ3) is 6.22. The smallest absolute Gasteiger partial charge is 0.221 e. The lowest BCUT2D eigenvalue weighted by atomic mass is 10.2. The molecule has 1 aromatic rings. The maximum Gasteiger partial charge on any atom is 0.221 e. The molecule has 156 valence electrons. The van der Waals surface area contributed by atoms with Crippen LogP contribution in [0, 0.1) is 5.82 Å². The second kappa shape index (κ2) is 11.4. The Labute approximate surface area is 184 Å². The van der Waals surface area contributed by atoms with Crippen molar-refractivity contribution in [3.63, 3.8) is 0 Å². The van der Waals surface area contributed by atoms with Gasteiger partial charge in [-0.1, -0.05) is 25.0 Å². The highest BCUT2D eigenvalue weighted by Gasteiger charge is 2.22. The molecule has 28 heavy (non-hydrogen) atoms. The van der Waals surface area contributed by atoms with E-state index in [1.54, 1.807) is 13.1 Å². The monoisotopic (exact) mass is 503 g/mol. The normalized spacial score (nSPS) is 18.0. The van der Waals surface area contributed by atoms with Gasteiger partial charge in [-0.3, -0.25) is 9.79 Å². The lowest BCUT2D eigenvalue weighted by molar-refractivity contribution is -0.121. The summed E-state index contributed by atoms with van der Waals surface area (Å²) in [4.78, 5) is 20.6. The molecule has 2 fully saturated rings. The van der Waals surface area contributed by atoms with Crippen LogP contribution in [-0.4, -0.2) is 62.6 Å². The first-order chi connectivity index (χ1) is 13.2. The largest absolute Gasteiger partial charge is 0.366 e. The predicted octanol–water partition coefficient (Wildman–Crippen LogP) is 2.59. The number of carbonyl (C=O) groups excluding carboxylic acids is 1. The summed E-state index contributed by atoms with van der Waals surface area (Å²) >= 11 is 0. The van der Waals surface area contributed by atoms with Crippen LogP contribution in [0.4, 0.5) is 10.1 Å². The zero-order valence-corrected chi connectivity index (χ0v) is 18.8. The molecule has 6 nitrogen and oxygen atoms in total. The number of guanidine groups is 1. The maximum absolute atomic E-state index is 14.0. The van der Waals surface area contributed by atoms with Crippen LogP contribution in [0.25, 0.3) is 0 Å². The number of aliphatic imine (C=N–C) groups is 1. The van der Waals surface area contributed by atoms with E-state index in [2.05, 4.69) is 25.4 Å². The van der Waals surface area contributed by atoms with E-state index in [0.29, 0.717) is 24.7 Å². The zero-order chi connectivity index (χ0) is 19.1. The molecule has 0 spiro atoms. The van der Waals surface area contributed by atoms with Crippen molar-refractivity contribution in [2.45, 2.75) is 38.1 Å². The summed E-state index contributed by atoms with van der Waals surface area (Å²) < 4.78 is 14.0. The van der Waals surface area contributed by atoms with Crippen LogP contribution < -0.4 is 15.5 Å². The topological polar surface area (TPSA) is 60.0 Å². The minimum Gasteiger partial charge on any atom is -0.366 e. The summed E-state index contributed by atoms with van der Waals surface area (Å²) in [7, 11) is 1.75. The Morgan fingerprint density at radius 3 is 2.50 bits per heavy atom. The standard InChI is InChI=1S/C20H30FN5O.HI/c1-22-20(23-11-10-19(27)24-16-6-2-3-7-16)26-14-12-25(13-15-26)18-9-5-4-8-17(18)21;/h4-5,8-9,16H,2-3,6-7,10-15H2,1H3,(H,22,23)(H,24,27);1H. The maximum atomic E-state index is 14.0. The summed E-state index contributed by atoms with van der Waals surface area (Å²) in [6.45, 7) is 3.58. The van der Waals surface area contributed by atoms with Gasteiger partial charge in [0.05, 0.1) is 5.69 Å². The highest BCUT2D eigenvalue weighted by molar-refractivity contribution is 14.0. The lowest BCUT2D eigenvalue weighted by Crippen LogP contribution is -2.53. The van der Waals surface area contributed by atoms with Crippen LogP contribution in [-0.2, 0) is 4.79 Å². The van der Waals surface area contributed by atoms with Gasteiger partial charge in [0.1, 0.15) is 5.82 Å². The number of amides is 1. The van der Waals surface area contributed by atoms with Gasteiger partial charge in [-0.25, -0.2) is 4.39 Å². The minimum absolute atomic E-state index is 0. The molecular formula is C20H31FIN5O. The first-order valence-electron chi connectivity index (χ1n) is 9.92. The van der Waals surface area contributed by atoms with Crippen molar-refractivity contribution in [1.82, 2.24) is 15.5 Å². The van der Waals surface area contributed by atoms with Gasteiger partial charge in [0.15, 0.2) is 5.96 Å². The predicted molar refractivity (Wildman–Crippen MR) is 122 cm³/mol. The molecule has 1 aromatic carbocycles. The van der Waals surface area contributed by atoms with Gasteiger partial charge in [0.25, 0.3) is 0 Å². The second-order valence-electron chi connectivity index (χ2n) is 7.20. The number of nitrogens with one attached hydrogen (secondary N) is 2. The van der Waals surface area contributed by atoms with E-state index in [-0.39, 0.29) is 35.7 Å². The number of hydrogen-bond donors (Lipinski definition) is 2. The van der Waals surface area contributed by atoms with Gasteiger partial charge in [0.2, 0.25) is 5.91 Å². The number of halogens is 2. The van der Waals surface area contributed by atoms with E-state index in [0.717, 1.165) is 45.0 Å². The SMILES string of the molecule is CN=C(NCCC(=O)NC1CCCC1)N1CCN(c2ccccc2F)CC1.I. The van der Waals surface area contributed by atoms with Crippen LogP contribution in [0.1, 0.15) is 32.1 Å². The number of benzene rings is 1. The number of nitrogens with zero attached hydrogens (tertiary/aromatic N) is 3. The summed E-state index contributed by atoms with van der Waals surface area (Å²) in [6.07, 6.45) is 5.09. The van der Waals surface area contributed by atoms with Crippen molar-refractivity contribution in [1.29, 1.82) is 0 Å². The summed E-state index contributed by atoms with van der Waals surface area (Å²) in [5.41, 5.74) is 0.656. The Morgan fingerprint density at radius 1 is 1.18 bits per heavy atom. The summed E-state index contributed by atoms with van der Waals surface area (Å²) in [5.74, 6) is 0.729. The highest BCUT2D eigenvalue weighted by atomic mass is 127. The molecule has 0 bridgehead atoms. The molecule has 1 heterocycles. The summed E-state index contributed by atoms with van der Waals surface area (Å²) in [6, 6.07) is 7.26. The number of carbonyl (C=O) groups is 1. The van der Waals surface area contributed by atoms with Crippen molar-refractivity contribution >= 4 is 41.5 Å². The Morgan fingerprint density at radius 2 is 1.86 bits per heavy atom. The van der Waals surface area contributed by atoms with Crippen molar-refractivity contribution in [3.8, 4) is 0 Å². The Hall–Kier alpha value is -1.58. The van der Waals surface area contributed by atoms with Gasteiger partial charge < -0.3 is 20.4 Å². The van der Waals surface area contributed by atoms with E-state index in [9.17, 15) is 9.18 Å². The third-order valence-electron chi connectivity index (χ3n) is 5.34. The van der Waals surface area contributed by atoms with Crippen LogP contribution >= 0.6 is 24.0 Å². The van der Waals surface area contributed by atoms with Gasteiger partial charge in [-0.15, -0.1) is 24.0 Å². The molecular weight excluding hydrogens is 472 g/mol. The quantitative estimate of drug-likeness (QED) is 0.369. The molecule has 2 aliphatic rings. The average molecular weight is 503 g/mol. The first-order valence-corrected chi connectivity index (χ1v) is 9.92. The van der Waals surface area contributed by atoms with E-state index < -0.39 is 0 Å². The molecule has 0 radical (unpaired) electrons. The van der Waals surface area contributed by atoms with E-state index in [4.69, 9.17) is 0 Å². The van der Waals surface area contributed by atoms with Crippen molar-refractivity contribution < 1.29 is 9.18 Å². The molecule has 1 aliphatic carbocycles. The van der Waals surface area contributed by atoms with E-state index in [1.807, 2.05) is 12.1 Å². The van der Waals surface area contributed by atoms with Gasteiger partial charge >= 0.3 is 0 Å². The number of para-hydroxylation sites is 1. The van der Waals surface area contributed by atoms with Crippen molar-refractivity contribution in [2.75, 3.05) is 44.7 Å². The fourth-order valence-electron chi connectivity index (χ4n) is 3.86. The lowest BCUT2D eigenvalue weighted by Gasteiger charge is -2.37. The minimum atomic E-state index is -0.179. The number of piperazine rings is 1. The molecule has 2 N–H and O–H groups in total. The highest BCUT2D eigenvalue weighted by Crippen LogP contribution is 2.20. The second-order valence-corrected chi connectivity index (χ2v) is 7.20. The van der Waals surface area contributed by atoms with Crippen LogP contribution in [0.15, 0.2) is 29.3 Å². The molecule has 1 amide bonds. The fourth-order valence-corrected chi connectivity index (χ4v) is 3.86. The first kappa shape index (κ1) is 22.7. The molecule has 0 aromatic heterocycles. The Bertz CT molecular complexity index is 658. The van der Waals surface area contributed by atoms with Gasteiger partial charge in [-0.2, -0.15) is 0 Å². The number of anilines is 1. The number of hydrogen-bond acceptors (Lipinski definition) is 3. The van der Waals surface area contributed by atoms with Gasteiger partial charge in [0, 0.05) is 52.2 Å². The molecule has 0 unspecified atom stereocenters. The zero-order valence-electron chi connectivity index (χ0n) is 16.5. The molecule has 1 aliphatic heterocycles. The average Bonchev–Trinajstić information content (AvgIpc) is 3.19.